The molecule has 0 aliphatic heterocycles. The Hall–Kier alpha value is -1.93. The fourth-order valence-corrected chi connectivity index (χ4v) is 2.75. The predicted molar refractivity (Wildman–Crippen MR) is 82.4 cm³/mol. The maximum Gasteiger partial charge on any atom is 0.0582 e. The summed E-state index contributed by atoms with van der Waals surface area (Å²) < 4.78 is 0. The summed E-state index contributed by atoms with van der Waals surface area (Å²) >= 11 is 0. The van der Waals surface area contributed by atoms with E-state index < -0.39 is 0 Å². The lowest BCUT2D eigenvalue weighted by Gasteiger charge is -2.26. The summed E-state index contributed by atoms with van der Waals surface area (Å²) in [6, 6.07) is 15.5. The average molecular weight is 264 g/mol. The second-order valence-corrected chi connectivity index (χ2v) is 5.26. The SMILES string of the molecule is C1=CC(NC(c2ccccc2)c2ccncc2)CCC1. The van der Waals surface area contributed by atoms with E-state index in [9.17, 15) is 0 Å². The molecule has 0 fully saturated rings. The number of pyridine rings is 1. The number of benzene rings is 1. The number of aromatic nitrogens is 1. The molecule has 0 amide bonds. The van der Waals surface area contributed by atoms with Crippen LogP contribution in [0.1, 0.15) is 36.4 Å². The van der Waals surface area contributed by atoms with E-state index in [2.05, 4.69) is 64.9 Å². The van der Waals surface area contributed by atoms with E-state index in [1.807, 2.05) is 12.4 Å². The lowest BCUT2D eigenvalue weighted by Crippen LogP contribution is -2.33. The van der Waals surface area contributed by atoms with Crippen molar-refractivity contribution in [1.29, 1.82) is 0 Å². The van der Waals surface area contributed by atoms with Gasteiger partial charge in [-0.15, -0.1) is 0 Å². The van der Waals surface area contributed by atoms with Gasteiger partial charge in [-0.1, -0.05) is 42.5 Å². The molecular formula is C18H20N2. The Morgan fingerprint density at radius 2 is 1.75 bits per heavy atom. The average Bonchev–Trinajstić information content (AvgIpc) is 2.55. The molecule has 0 bridgehead atoms. The van der Waals surface area contributed by atoms with Gasteiger partial charge in [-0.3, -0.25) is 10.3 Å². The Bertz CT molecular complexity index is 509. The molecule has 1 aromatic carbocycles. The molecule has 2 atom stereocenters. The standard InChI is InChI=1S/C18H20N2/c1-3-7-15(8-4-1)18(16-11-13-19-14-12-16)20-17-9-5-2-6-10-17/h1,3-5,7-9,11-14,17-18,20H,2,6,10H2. The maximum atomic E-state index is 4.13. The van der Waals surface area contributed by atoms with Crippen molar-refractivity contribution in [2.24, 2.45) is 0 Å². The normalized spacial score (nSPS) is 19.7. The summed E-state index contributed by atoms with van der Waals surface area (Å²) in [4.78, 5) is 4.13. The molecule has 1 heterocycles. The lowest BCUT2D eigenvalue weighted by molar-refractivity contribution is 0.483. The van der Waals surface area contributed by atoms with Crippen LogP contribution < -0.4 is 5.32 Å². The van der Waals surface area contributed by atoms with Crippen LogP contribution in [0.2, 0.25) is 0 Å². The molecule has 1 aliphatic rings. The van der Waals surface area contributed by atoms with Gasteiger partial charge in [0.05, 0.1) is 6.04 Å². The molecule has 0 saturated heterocycles. The van der Waals surface area contributed by atoms with Gasteiger partial charge in [0.15, 0.2) is 0 Å². The Balaban J connectivity index is 1.87. The molecule has 0 saturated carbocycles. The van der Waals surface area contributed by atoms with Gasteiger partial charge in [0, 0.05) is 18.4 Å². The molecule has 20 heavy (non-hydrogen) atoms. The van der Waals surface area contributed by atoms with Crippen LogP contribution >= 0.6 is 0 Å². The quantitative estimate of drug-likeness (QED) is 0.848. The van der Waals surface area contributed by atoms with Gasteiger partial charge < -0.3 is 0 Å². The summed E-state index contributed by atoms with van der Waals surface area (Å²) in [5.74, 6) is 0. The van der Waals surface area contributed by atoms with Crippen LogP contribution in [-0.4, -0.2) is 11.0 Å². The Kier molecular flexibility index (Phi) is 4.24. The molecule has 2 nitrogen and oxygen atoms in total. The number of nitrogens with one attached hydrogen (secondary N) is 1. The van der Waals surface area contributed by atoms with E-state index in [0.717, 1.165) is 0 Å². The Morgan fingerprint density at radius 3 is 2.45 bits per heavy atom. The van der Waals surface area contributed by atoms with Crippen molar-refractivity contribution >= 4 is 0 Å². The van der Waals surface area contributed by atoms with E-state index >= 15 is 0 Å². The van der Waals surface area contributed by atoms with E-state index in [1.54, 1.807) is 0 Å². The van der Waals surface area contributed by atoms with Crippen molar-refractivity contribution in [3.8, 4) is 0 Å². The first kappa shape index (κ1) is 13.1. The van der Waals surface area contributed by atoms with Crippen LogP contribution in [-0.2, 0) is 0 Å². The molecule has 1 aromatic heterocycles. The van der Waals surface area contributed by atoms with Crippen molar-refractivity contribution in [3.05, 3.63) is 78.1 Å². The smallest absolute Gasteiger partial charge is 0.0582 e. The van der Waals surface area contributed by atoms with Gasteiger partial charge in [0.1, 0.15) is 0 Å². The fourth-order valence-electron chi connectivity index (χ4n) is 2.75. The molecule has 102 valence electrons. The Labute approximate surface area is 120 Å². The number of allylic oxidation sites excluding steroid dienone is 1. The van der Waals surface area contributed by atoms with Crippen LogP contribution in [0.15, 0.2) is 67.0 Å². The molecule has 2 heteroatoms. The third kappa shape index (κ3) is 3.14. The topological polar surface area (TPSA) is 24.9 Å². The van der Waals surface area contributed by atoms with E-state index in [4.69, 9.17) is 0 Å². The van der Waals surface area contributed by atoms with Crippen molar-refractivity contribution in [3.63, 3.8) is 0 Å². The first-order valence-corrected chi connectivity index (χ1v) is 7.31. The highest BCUT2D eigenvalue weighted by molar-refractivity contribution is 5.31. The summed E-state index contributed by atoms with van der Waals surface area (Å²) in [5.41, 5.74) is 2.57. The summed E-state index contributed by atoms with van der Waals surface area (Å²) in [7, 11) is 0. The van der Waals surface area contributed by atoms with Crippen molar-refractivity contribution in [1.82, 2.24) is 10.3 Å². The minimum Gasteiger partial charge on any atom is -0.300 e. The zero-order chi connectivity index (χ0) is 13.6. The van der Waals surface area contributed by atoms with Gasteiger partial charge in [0.2, 0.25) is 0 Å². The fraction of sp³-hybridized carbons (Fsp3) is 0.278. The minimum atomic E-state index is 0.229. The third-order valence-electron chi connectivity index (χ3n) is 3.81. The lowest BCUT2D eigenvalue weighted by atomic mass is 9.96. The first-order chi connectivity index (χ1) is 9.93. The molecular weight excluding hydrogens is 244 g/mol. The highest BCUT2D eigenvalue weighted by Crippen LogP contribution is 2.24. The van der Waals surface area contributed by atoms with Crippen LogP contribution in [0, 0.1) is 0 Å². The summed E-state index contributed by atoms with van der Waals surface area (Å²) in [6.45, 7) is 0. The van der Waals surface area contributed by atoms with Gasteiger partial charge in [-0.2, -0.15) is 0 Å². The monoisotopic (exact) mass is 264 g/mol. The number of hydrogen-bond acceptors (Lipinski definition) is 2. The molecule has 1 aliphatic carbocycles. The predicted octanol–water partition coefficient (Wildman–Crippen LogP) is 3.87. The van der Waals surface area contributed by atoms with Crippen molar-refractivity contribution < 1.29 is 0 Å². The minimum absolute atomic E-state index is 0.229. The first-order valence-electron chi connectivity index (χ1n) is 7.31. The molecule has 2 unspecified atom stereocenters. The van der Waals surface area contributed by atoms with E-state index in [-0.39, 0.29) is 6.04 Å². The zero-order valence-corrected chi connectivity index (χ0v) is 11.6. The number of rotatable bonds is 4. The maximum absolute atomic E-state index is 4.13. The second-order valence-electron chi connectivity index (χ2n) is 5.26. The molecule has 1 N–H and O–H groups in total. The zero-order valence-electron chi connectivity index (χ0n) is 11.6. The van der Waals surface area contributed by atoms with Gasteiger partial charge in [-0.25, -0.2) is 0 Å². The van der Waals surface area contributed by atoms with Crippen molar-refractivity contribution in [2.75, 3.05) is 0 Å². The van der Waals surface area contributed by atoms with Crippen LogP contribution in [0.5, 0.6) is 0 Å². The number of hydrogen-bond donors (Lipinski definition) is 1. The molecule has 0 radical (unpaired) electrons. The Morgan fingerprint density at radius 1 is 1.00 bits per heavy atom. The van der Waals surface area contributed by atoms with E-state index in [0.29, 0.717) is 6.04 Å². The van der Waals surface area contributed by atoms with Crippen LogP contribution in [0.4, 0.5) is 0 Å². The van der Waals surface area contributed by atoms with Gasteiger partial charge in [-0.05, 0) is 42.5 Å². The second kappa shape index (κ2) is 6.49. The highest BCUT2D eigenvalue weighted by Gasteiger charge is 2.18. The molecule has 2 aromatic rings. The molecule has 3 rings (SSSR count). The van der Waals surface area contributed by atoms with Crippen LogP contribution in [0.3, 0.4) is 0 Å². The highest BCUT2D eigenvalue weighted by atomic mass is 14.9. The molecule has 0 spiro atoms. The third-order valence-corrected chi connectivity index (χ3v) is 3.81. The largest absolute Gasteiger partial charge is 0.300 e. The van der Waals surface area contributed by atoms with Crippen molar-refractivity contribution in [2.45, 2.75) is 31.3 Å². The van der Waals surface area contributed by atoms with E-state index in [1.165, 1.54) is 30.4 Å². The summed E-state index contributed by atoms with van der Waals surface area (Å²) in [5, 5.41) is 3.77. The summed E-state index contributed by atoms with van der Waals surface area (Å²) in [6.07, 6.45) is 12.0. The van der Waals surface area contributed by atoms with Gasteiger partial charge in [0.25, 0.3) is 0 Å². The van der Waals surface area contributed by atoms with Gasteiger partial charge >= 0.3 is 0 Å². The number of nitrogens with zero attached hydrogens (tertiary/aromatic N) is 1. The van der Waals surface area contributed by atoms with Crippen LogP contribution in [0.25, 0.3) is 0 Å².